The van der Waals surface area contributed by atoms with Gasteiger partial charge in [-0.25, -0.2) is 9.59 Å². The Kier molecular flexibility index (Phi) is 16.0. The molecular formula is C29H42N4O8. The van der Waals surface area contributed by atoms with Gasteiger partial charge in [0, 0.05) is 22.3 Å². The number of hydrogen-bond acceptors (Lipinski definition) is 6. The molecule has 0 saturated carbocycles. The van der Waals surface area contributed by atoms with E-state index in [0.29, 0.717) is 0 Å². The molecule has 0 spiro atoms. The second kappa shape index (κ2) is 18.0. The van der Waals surface area contributed by atoms with Crippen molar-refractivity contribution in [3.05, 3.63) is 58.7 Å². The average molecular weight is 575 g/mol. The minimum Gasteiger partial charge on any atom is -0.545 e. The van der Waals surface area contributed by atoms with Gasteiger partial charge in [0.15, 0.2) is 0 Å². The maximum Gasteiger partial charge on any atom is 0.336 e. The maximum atomic E-state index is 11.4. The highest BCUT2D eigenvalue weighted by Gasteiger charge is 2.25. The van der Waals surface area contributed by atoms with Crippen LogP contribution in [0.4, 0.5) is 0 Å². The van der Waals surface area contributed by atoms with Crippen LogP contribution in [0, 0.1) is 0 Å². The minimum atomic E-state index is -1.79. The topological polar surface area (TPSA) is 232 Å². The first-order chi connectivity index (χ1) is 19.2. The van der Waals surface area contributed by atoms with Crippen molar-refractivity contribution in [1.29, 1.82) is 0 Å². The highest BCUT2D eigenvalue weighted by atomic mass is 16.4. The van der Waals surface area contributed by atoms with Gasteiger partial charge in [-0.3, -0.25) is 16.9 Å². The number of carboxylic acid groups (broad SMARTS) is 4. The average Bonchev–Trinajstić information content (AvgIpc) is 2.88. The molecule has 0 aliphatic carbocycles. The number of nitrogens with zero attached hydrogens (tertiary/aromatic N) is 1. The number of quaternary nitrogens is 1. The van der Waals surface area contributed by atoms with Crippen LogP contribution < -0.4 is 27.1 Å². The molecule has 0 fully saturated rings. The monoisotopic (exact) mass is 574 g/mol. The third kappa shape index (κ3) is 11.3. The lowest BCUT2D eigenvalue weighted by Crippen LogP contribution is -2.51. The number of carbonyl (C=O) groups excluding carboxylic acids is 2. The van der Waals surface area contributed by atoms with Crippen LogP contribution in [0.15, 0.2) is 36.4 Å². The van der Waals surface area contributed by atoms with Gasteiger partial charge in [-0.05, 0) is 37.8 Å². The summed E-state index contributed by atoms with van der Waals surface area (Å²) in [5.41, 5.74) is 5.59. The molecule has 0 radical (unpaired) electrons. The fraction of sp³-hybridized carbons (Fsp3) is 0.414. The predicted octanol–water partition coefficient (Wildman–Crippen LogP) is -0.0609. The maximum absolute atomic E-state index is 11.4. The summed E-state index contributed by atoms with van der Waals surface area (Å²) in [6.45, 7) is 14.8. The SMILES string of the molecule is CCC[N+](CCC)(CCC)CCC.NC(N)=[NH2+].O=C([O-])c1cccc(C(=O)[O-])c1-c1c(C(=O)O)cccc1C(=O)O. The van der Waals surface area contributed by atoms with Crippen LogP contribution >= 0.6 is 0 Å². The summed E-state index contributed by atoms with van der Waals surface area (Å²) in [5.74, 6) is -6.76. The fourth-order valence-corrected chi connectivity index (χ4v) is 4.91. The van der Waals surface area contributed by atoms with E-state index in [0.717, 1.165) is 36.4 Å². The number of carboxylic acids is 4. The lowest BCUT2D eigenvalue weighted by Gasteiger charge is -2.38. The summed E-state index contributed by atoms with van der Waals surface area (Å²) in [6, 6.07) is 6.30. The van der Waals surface area contributed by atoms with Crippen LogP contribution in [-0.2, 0) is 0 Å². The van der Waals surface area contributed by atoms with Crippen molar-refractivity contribution >= 4 is 29.8 Å². The van der Waals surface area contributed by atoms with Crippen molar-refractivity contribution in [2.75, 3.05) is 26.2 Å². The Morgan fingerprint density at radius 3 is 1.12 bits per heavy atom. The molecule has 0 heterocycles. The van der Waals surface area contributed by atoms with Gasteiger partial charge in [-0.1, -0.05) is 52.0 Å². The second-order valence-corrected chi connectivity index (χ2v) is 9.38. The van der Waals surface area contributed by atoms with Crippen LogP contribution in [-0.4, -0.2) is 70.7 Å². The lowest BCUT2D eigenvalue weighted by atomic mass is 9.87. The first-order valence-electron chi connectivity index (χ1n) is 13.4. The van der Waals surface area contributed by atoms with Crippen molar-refractivity contribution in [2.45, 2.75) is 53.4 Å². The van der Waals surface area contributed by atoms with E-state index >= 15 is 0 Å². The number of nitrogens with two attached hydrogens (primary N) is 3. The third-order valence-corrected chi connectivity index (χ3v) is 6.07. The molecule has 2 aromatic carbocycles. The van der Waals surface area contributed by atoms with Crippen molar-refractivity contribution in [3.8, 4) is 11.1 Å². The number of guanidine groups is 1. The molecule has 12 heteroatoms. The van der Waals surface area contributed by atoms with E-state index in [4.69, 9.17) is 0 Å². The summed E-state index contributed by atoms with van der Waals surface area (Å²) in [4.78, 5) is 45.5. The molecule has 226 valence electrons. The van der Waals surface area contributed by atoms with Crippen LogP contribution in [0.5, 0.6) is 0 Å². The predicted molar refractivity (Wildman–Crippen MR) is 151 cm³/mol. The second-order valence-electron chi connectivity index (χ2n) is 9.38. The number of hydrogen-bond donors (Lipinski definition) is 5. The molecule has 0 saturated heterocycles. The third-order valence-electron chi connectivity index (χ3n) is 6.07. The molecular weight excluding hydrogens is 532 g/mol. The van der Waals surface area contributed by atoms with Crippen molar-refractivity contribution in [3.63, 3.8) is 0 Å². The molecule has 0 amide bonds. The number of aromatic carboxylic acids is 4. The highest BCUT2D eigenvalue weighted by Crippen LogP contribution is 2.34. The van der Waals surface area contributed by atoms with E-state index in [1.165, 1.54) is 56.3 Å². The highest BCUT2D eigenvalue weighted by molar-refractivity contribution is 6.12. The summed E-state index contributed by atoms with van der Waals surface area (Å²) < 4.78 is 1.38. The number of carbonyl (C=O) groups is 4. The van der Waals surface area contributed by atoms with E-state index in [2.05, 4.69) is 44.6 Å². The normalized spacial score (nSPS) is 10.3. The largest absolute Gasteiger partial charge is 0.545 e. The smallest absolute Gasteiger partial charge is 0.336 e. The van der Waals surface area contributed by atoms with Crippen LogP contribution in [0.2, 0.25) is 0 Å². The molecule has 0 aromatic heterocycles. The van der Waals surface area contributed by atoms with Gasteiger partial charge in [0.05, 0.1) is 49.2 Å². The summed E-state index contributed by atoms with van der Waals surface area (Å²) in [5, 5.41) is 45.8. The Morgan fingerprint density at radius 1 is 0.659 bits per heavy atom. The van der Waals surface area contributed by atoms with Gasteiger partial charge in [0.2, 0.25) is 0 Å². The summed E-state index contributed by atoms with van der Waals surface area (Å²) >= 11 is 0. The molecule has 2 aromatic rings. The number of benzene rings is 2. The zero-order valence-corrected chi connectivity index (χ0v) is 24.1. The van der Waals surface area contributed by atoms with Crippen LogP contribution in [0.3, 0.4) is 0 Å². The Hall–Kier alpha value is -4.45. The van der Waals surface area contributed by atoms with Crippen molar-refractivity contribution in [2.24, 2.45) is 11.5 Å². The lowest BCUT2D eigenvalue weighted by molar-refractivity contribution is -0.928. The van der Waals surface area contributed by atoms with E-state index in [-0.39, 0.29) is 5.96 Å². The van der Waals surface area contributed by atoms with E-state index in [9.17, 15) is 39.6 Å². The number of rotatable bonds is 13. The molecule has 12 nitrogen and oxygen atoms in total. The summed E-state index contributed by atoms with van der Waals surface area (Å²) in [6.07, 6.45) is 5.33. The van der Waals surface area contributed by atoms with Crippen LogP contribution in [0.25, 0.3) is 11.1 Å². The zero-order chi connectivity index (χ0) is 31.8. The molecule has 0 aliphatic heterocycles. The van der Waals surface area contributed by atoms with Gasteiger partial charge < -0.3 is 34.5 Å². The first-order valence-corrected chi connectivity index (χ1v) is 13.4. The molecule has 2 rings (SSSR count). The molecule has 0 atom stereocenters. The standard InChI is InChI=1S/C16H10O8.C12H28N.CH5N3/c17-13(18)7-3-1-4-8(14(19)20)11(7)12-9(15(21)22)5-2-6-10(12)16(23)24;1-5-9-13(10-6-2,11-7-3)12-8-4;2-1(3)4/h1-6H,(H,17,18)(H,19,20)(H,21,22)(H,23,24);5-12H2,1-4H3;(H5,2,3,4)/q;+1;/p-1. The molecule has 41 heavy (non-hydrogen) atoms. The van der Waals surface area contributed by atoms with E-state index in [1.54, 1.807) is 0 Å². The molecule has 0 unspecified atom stereocenters. The van der Waals surface area contributed by atoms with Gasteiger partial charge in [-0.2, -0.15) is 0 Å². The van der Waals surface area contributed by atoms with Gasteiger partial charge in [0.25, 0.3) is 0 Å². The van der Waals surface area contributed by atoms with E-state index in [1.807, 2.05) is 0 Å². The van der Waals surface area contributed by atoms with Crippen LogP contribution in [0.1, 0.15) is 94.8 Å². The van der Waals surface area contributed by atoms with Crippen molar-refractivity contribution in [1.82, 2.24) is 0 Å². The molecule has 8 N–H and O–H groups in total. The quantitative estimate of drug-likeness (QED) is 0.121. The van der Waals surface area contributed by atoms with E-state index < -0.39 is 57.3 Å². The Morgan fingerprint density at radius 2 is 0.902 bits per heavy atom. The van der Waals surface area contributed by atoms with Gasteiger partial charge in [-0.15, -0.1) is 0 Å². The van der Waals surface area contributed by atoms with Gasteiger partial charge in [0.1, 0.15) is 0 Å². The van der Waals surface area contributed by atoms with Gasteiger partial charge >= 0.3 is 17.9 Å². The fourth-order valence-electron chi connectivity index (χ4n) is 4.91. The molecule has 0 aliphatic rings. The molecule has 0 bridgehead atoms. The Balaban J connectivity index is 0.000000792. The van der Waals surface area contributed by atoms with Crippen molar-refractivity contribution < 1.29 is 49.5 Å². The summed E-state index contributed by atoms with van der Waals surface area (Å²) in [7, 11) is 0. The Bertz CT molecular complexity index is 1040. The Labute approximate surface area is 240 Å². The zero-order valence-electron chi connectivity index (χ0n) is 24.1. The first kappa shape index (κ1) is 36.5. The minimum absolute atomic E-state index is 0.0833.